The van der Waals surface area contributed by atoms with E-state index in [1.165, 1.54) is 24.0 Å². The lowest BCUT2D eigenvalue weighted by Crippen LogP contribution is -2.47. The molecule has 1 spiro atoms. The predicted molar refractivity (Wildman–Crippen MR) is 110 cm³/mol. The highest BCUT2D eigenvalue weighted by Crippen LogP contribution is 2.32. The minimum absolute atomic E-state index is 0.165. The van der Waals surface area contributed by atoms with Gasteiger partial charge in [-0.1, -0.05) is 43.9 Å². The summed E-state index contributed by atoms with van der Waals surface area (Å²) in [4.78, 5) is 39.1. The minimum atomic E-state index is -0.794. The number of nitrogens with zero attached hydrogens (tertiary/aromatic N) is 1. The number of hydrogen-bond donors (Lipinski definition) is 2. The van der Waals surface area contributed by atoms with Crippen molar-refractivity contribution in [2.45, 2.75) is 82.7 Å². The van der Waals surface area contributed by atoms with E-state index < -0.39 is 11.6 Å². The van der Waals surface area contributed by atoms with Gasteiger partial charge in [-0.25, -0.2) is 4.79 Å². The van der Waals surface area contributed by atoms with E-state index in [9.17, 15) is 14.4 Å². The van der Waals surface area contributed by atoms with Crippen LogP contribution in [-0.4, -0.2) is 34.8 Å². The van der Waals surface area contributed by atoms with Crippen molar-refractivity contribution in [1.82, 2.24) is 15.5 Å². The molecule has 2 fully saturated rings. The lowest BCUT2D eigenvalue weighted by Gasteiger charge is -2.25. The van der Waals surface area contributed by atoms with Gasteiger partial charge in [0.15, 0.2) is 0 Å². The van der Waals surface area contributed by atoms with Crippen LogP contribution in [0.2, 0.25) is 0 Å². The van der Waals surface area contributed by atoms with Crippen molar-refractivity contribution in [3.8, 4) is 0 Å². The van der Waals surface area contributed by atoms with Gasteiger partial charge in [0.1, 0.15) is 12.1 Å². The summed E-state index contributed by atoms with van der Waals surface area (Å²) >= 11 is 0. The molecule has 1 heterocycles. The van der Waals surface area contributed by atoms with Crippen molar-refractivity contribution in [2.24, 2.45) is 0 Å². The Morgan fingerprint density at radius 3 is 2.48 bits per heavy atom. The fourth-order valence-electron chi connectivity index (χ4n) is 5.03. The fraction of sp³-hybridized carbons (Fsp3) is 0.609. The molecule has 6 nitrogen and oxygen atoms in total. The standard InChI is InChI=1S/C23H31N3O3/c1-16(18-11-10-17-8-4-5-9-19(17)14-18)24-20(27)15-26-21(28)23(25-22(26)29)12-6-2-3-7-13-23/h10-11,14,16H,2-9,12-13,15H2,1H3,(H,24,27)(H,25,29)/t16-/m1/s1. The molecule has 0 aromatic heterocycles. The second-order valence-corrected chi connectivity index (χ2v) is 8.84. The fourth-order valence-corrected chi connectivity index (χ4v) is 5.03. The number of urea groups is 1. The molecule has 1 aromatic rings. The van der Waals surface area contributed by atoms with Gasteiger partial charge in [-0.2, -0.15) is 0 Å². The largest absolute Gasteiger partial charge is 0.348 e. The molecule has 29 heavy (non-hydrogen) atoms. The third-order valence-corrected chi connectivity index (χ3v) is 6.75. The first-order valence-electron chi connectivity index (χ1n) is 11.0. The Morgan fingerprint density at radius 1 is 1.07 bits per heavy atom. The summed E-state index contributed by atoms with van der Waals surface area (Å²) in [6, 6.07) is 5.83. The van der Waals surface area contributed by atoms with Gasteiger partial charge in [0, 0.05) is 0 Å². The highest BCUT2D eigenvalue weighted by molar-refractivity contribution is 6.09. The first-order valence-corrected chi connectivity index (χ1v) is 11.0. The van der Waals surface area contributed by atoms with E-state index in [-0.39, 0.29) is 24.4 Å². The molecular formula is C23H31N3O3. The molecule has 4 amide bonds. The van der Waals surface area contributed by atoms with Crippen LogP contribution < -0.4 is 10.6 Å². The topological polar surface area (TPSA) is 78.5 Å². The van der Waals surface area contributed by atoms with Crippen LogP contribution in [0.3, 0.4) is 0 Å². The Bertz CT molecular complexity index is 812. The maximum atomic E-state index is 13.0. The van der Waals surface area contributed by atoms with Crippen LogP contribution in [0.5, 0.6) is 0 Å². The molecule has 1 saturated carbocycles. The molecule has 156 valence electrons. The lowest BCUT2D eigenvalue weighted by molar-refractivity contribution is -0.135. The molecule has 0 unspecified atom stereocenters. The van der Waals surface area contributed by atoms with Crippen LogP contribution >= 0.6 is 0 Å². The van der Waals surface area contributed by atoms with Crippen LogP contribution in [0.25, 0.3) is 0 Å². The summed E-state index contributed by atoms with van der Waals surface area (Å²) < 4.78 is 0. The predicted octanol–water partition coefficient (Wildman–Crippen LogP) is 3.39. The number of nitrogens with one attached hydrogen (secondary N) is 2. The molecule has 6 heteroatoms. The van der Waals surface area contributed by atoms with Gasteiger partial charge in [-0.15, -0.1) is 0 Å². The zero-order valence-electron chi connectivity index (χ0n) is 17.3. The lowest BCUT2D eigenvalue weighted by atomic mass is 9.89. The molecule has 4 rings (SSSR count). The summed E-state index contributed by atoms with van der Waals surface area (Å²) in [6.45, 7) is 1.73. The molecule has 1 aromatic carbocycles. The first kappa shape index (κ1) is 19.9. The SMILES string of the molecule is C[C@@H](NC(=O)CN1C(=O)NC2(CCCCCC2)C1=O)c1ccc2c(c1)CCCC2. The molecule has 1 atom stereocenters. The monoisotopic (exact) mass is 397 g/mol. The number of fused-ring (bicyclic) bond motifs is 1. The number of aryl methyl sites for hydroxylation is 2. The van der Waals surface area contributed by atoms with Gasteiger partial charge in [0.2, 0.25) is 5.91 Å². The minimum Gasteiger partial charge on any atom is -0.348 e. The Hall–Kier alpha value is -2.37. The van der Waals surface area contributed by atoms with Crippen molar-refractivity contribution < 1.29 is 14.4 Å². The van der Waals surface area contributed by atoms with Gasteiger partial charge in [-0.05, 0) is 62.1 Å². The highest BCUT2D eigenvalue weighted by atomic mass is 16.2. The van der Waals surface area contributed by atoms with Crippen molar-refractivity contribution in [3.63, 3.8) is 0 Å². The van der Waals surface area contributed by atoms with Gasteiger partial charge >= 0.3 is 6.03 Å². The zero-order valence-corrected chi connectivity index (χ0v) is 17.3. The van der Waals surface area contributed by atoms with Crippen LogP contribution in [0.15, 0.2) is 18.2 Å². The number of hydrogen-bond acceptors (Lipinski definition) is 3. The number of carbonyl (C=O) groups is 3. The highest BCUT2D eigenvalue weighted by Gasteiger charge is 2.51. The average Bonchev–Trinajstić information content (AvgIpc) is 2.88. The van der Waals surface area contributed by atoms with E-state index in [0.717, 1.165) is 49.0 Å². The average molecular weight is 398 g/mol. The quantitative estimate of drug-likeness (QED) is 0.765. The second-order valence-electron chi connectivity index (χ2n) is 8.84. The van der Waals surface area contributed by atoms with Gasteiger partial charge in [0.05, 0.1) is 6.04 Å². The summed E-state index contributed by atoms with van der Waals surface area (Å²) in [7, 11) is 0. The normalized spacial score (nSPS) is 22.0. The van der Waals surface area contributed by atoms with Crippen molar-refractivity contribution >= 4 is 17.8 Å². The molecule has 0 radical (unpaired) electrons. The Labute approximate surface area is 172 Å². The molecule has 3 aliphatic rings. The smallest absolute Gasteiger partial charge is 0.325 e. The molecule has 0 bridgehead atoms. The van der Waals surface area contributed by atoms with Crippen molar-refractivity contribution in [1.29, 1.82) is 0 Å². The van der Waals surface area contributed by atoms with Crippen LogP contribution in [-0.2, 0) is 22.4 Å². The Morgan fingerprint density at radius 2 is 1.76 bits per heavy atom. The van der Waals surface area contributed by atoms with Gasteiger partial charge < -0.3 is 10.6 Å². The number of amides is 4. The second kappa shape index (κ2) is 8.17. The summed E-state index contributed by atoms with van der Waals surface area (Å²) in [5.41, 5.74) is 3.06. The van der Waals surface area contributed by atoms with Gasteiger partial charge in [0.25, 0.3) is 5.91 Å². The molecule has 2 aliphatic carbocycles. The maximum Gasteiger partial charge on any atom is 0.325 e. The number of rotatable bonds is 4. The molecule has 1 saturated heterocycles. The van der Waals surface area contributed by atoms with Crippen LogP contribution in [0, 0.1) is 0 Å². The van der Waals surface area contributed by atoms with E-state index in [0.29, 0.717) is 12.8 Å². The maximum absolute atomic E-state index is 13.0. The summed E-state index contributed by atoms with van der Waals surface area (Å²) in [5.74, 6) is -0.537. The van der Waals surface area contributed by atoms with Crippen molar-refractivity contribution in [3.05, 3.63) is 34.9 Å². The number of benzene rings is 1. The third kappa shape index (κ3) is 4.02. The number of carbonyl (C=O) groups excluding carboxylic acids is 3. The van der Waals surface area contributed by atoms with Crippen LogP contribution in [0.1, 0.15) is 81.0 Å². The molecular weight excluding hydrogens is 366 g/mol. The molecule has 2 N–H and O–H groups in total. The van der Waals surface area contributed by atoms with E-state index >= 15 is 0 Å². The first-order chi connectivity index (χ1) is 14.0. The number of imide groups is 1. The van der Waals surface area contributed by atoms with E-state index in [4.69, 9.17) is 0 Å². The van der Waals surface area contributed by atoms with E-state index in [1.54, 1.807) is 0 Å². The molecule has 1 aliphatic heterocycles. The Kier molecular flexibility index (Phi) is 5.61. The van der Waals surface area contributed by atoms with E-state index in [1.807, 2.05) is 6.92 Å². The van der Waals surface area contributed by atoms with Crippen LogP contribution in [0.4, 0.5) is 4.79 Å². The Balaban J connectivity index is 1.39. The van der Waals surface area contributed by atoms with Crippen molar-refractivity contribution in [2.75, 3.05) is 6.54 Å². The summed E-state index contributed by atoms with van der Waals surface area (Å²) in [5, 5.41) is 5.85. The summed E-state index contributed by atoms with van der Waals surface area (Å²) in [6.07, 6.45) is 10.1. The zero-order chi connectivity index (χ0) is 20.4. The van der Waals surface area contributed by atoms with Gasteiger partial charge in [-0.3, -0.25) is 14.5 Å². The third-order valence-electron chi connectivity index (χ3n) is 6.75. The van der Waals surface area contributed by atoms with E-state index in [2.05, 4.69) is 28.8 Å².